The molecule has 2 aromatic rings. The average Bonchev–Trinajstić information content (AvgIpc) is 2.65. The molecule has 0 fully saturated rings. The number of aromatic amines is 1. The number of fused-ring (bicyclic) bond motifs is 1. The molecule has 1 heterocycles. The Kier molecular flexibility index (Phi) is 2.75. The van der Waals surface area contributed by atoms with Crippen LogP contribution in [0.5, 0.6) is 5.75 Å². The topological polar surface area (TPSA) is 51.3 Å². The number of nitrogens with one attached hydrogen (secondary N) is 1. The number of rotatable bonds is 2. The zero-order valence-electron chi connectivity index (χ0n) is 8.83. The van der Waals surface area contributed by atoms with Crippen molar-refractivity contribution in [3.8, 4) is 5.75 Å². The van der Waals surface area contributed by atoms with Crippen molar-refractivity contribution < 1.29 is 14.3 Å². The van der Waals surface area contributed by atoms with Gasteiger partial charge in [0.25, 0.3) is 0 Å². The van der Waals surface area contributed by atoms with Gasteiger partial charge >= 0.3 is 5.97 Å². The van der Waals surface area contributed by atoms with Crippen molar-refractivity contribution in [2.45, 2.75) is 0 Å². The summed E-state index contributed by atoms with van der Waals surface area (Å²) in [6.07, 6.45) is 0. The van der Waals surface area contributed by atoms with Crippen LogP contribution < -0.4 is 4.74 Å². The summed E-state index contributed by atoms with van der Waals surface area (Å²) in [6.45, 7) is 0. The standard InChI is InChI=1S/C11H10ClNO3/c1-15-10-7-5-6(12)3-4-8(7)13-9(10)11(14)16-2/h3-5,13H,1-2H3. The number of aromatic nitrogens is 1. The van der Waals surface area contributed by atoms with Crippen LogP contribution in [-0.2, 0) is 4.74 Å². The van der Waals surface area contributed by atoms with Gasteiger partial charge in [0.2, 0.25) is 0 Å². The van der Waals surface area contributed by atoms with E-state index in [1.54, 1.807) is 18.2 Å². The minimum Gasteiger partial charge on any atom is -0.494 e. The first-order valence-corrected chi connectivity index (χ1v) is 4.98. The molecule has 0 spiro atoms. The van der Waals surface area contributed by atoms with Gasteiger partial charge in [0, 0.05) is 15.9 Å². The molecule has 0 radical (unpaired) electrons. The van der Waals surface area contributed by atoms with E-state index in [4.69, 9.17) is 16.3 Å². The molecular formula is C11H10ClNO3. The van der Waals surface area contributed by atoms with Gasteiger partial charge in [-0.15, -0.1) is 0 Å². The molecule has 0 aliphatic carbocycles. The molecule has 0 aliphatic rings. The molecule has 0 saturated heterocycles. The van der Waals surface area contributed by atoms with E-state index in [9.17, 15) is 4.79 Å². The van der Waals surface area contributed by atoms with Gasteiger partial charge in [-0.1, -0.05) is 11.6 Å². The highest BCUT2D eigenvalue weighted by Gasteiger charge is 2.19. The number of ether oxygens (including phenoxy) is 2. The molecule has 5 heteroatoms. The second-order valence-electron chi connectivity index (χ2n) is 3.21. The molecule has 0 amide bonds. The van der Waals surface area contributed by atoms with E-state index in [-0.39, 0.29) is 0 Å². The number of hydrogen-bond acceptors (Lipinski definition) is 3. The molecule has 0 atom stereocenters. The van der Waals surface area contributed by atoms with Gasteiger partial charge in [0.05, 0.1) is 14.2 Å². The van der Waals surface area contributed by atoms with E-state index >= 15 is 0 Å². The van der Waals surface area contributed by atoms with Gasteiger partial charge in [0.15, 0.2) is 11.4 Å². The van der Waals surface area contributed by atoms with E-state index < -0.39 is 5.97 Å². The van der Waals surface area contributed by atoms with Gasteiger partial charge in [-0.2, -0.15) is 0 Å². The SMILES string of the molecule is COC(=O)c1[nH]c2ccc(Cl)cc2c1OC. The van der Waals surface area contributed by atoms with Crippen LogP contribution in [0.3, 0.4) is 0 Å². The Morgan fingerprint density at radius 3 is 2.75 bits per heavy atom. The quantitative estimate of drug-likeness (QED) is 0.820. The molecule has 0 aliphatic heterocycles. The molecule has 0 bridgehead atoms. The smallest absolute Gasteiger partial charge is 0.358 e. The number of benzene rings is 1. The van der Waals surface area contributed by atoms with Crippen molar-refractivity contribution in [3.05, 3.63) is 28.9 Å². The van der Waals surface area contributed by atoms with Gasteiger partial charge in [0.1, 0.15) is 0 Å². The van der Waals surface area contributed by atoms with Crippen molar-refractivity contribution in [1.82, 2.24) is 4.98 Å². The lowest BCUT2D eigenvalue weighted by molar-refractivity contribution is 0.0591. The molecule has 4 nitrogen and oxygen atoms in total. The summed E-state index contributed by atoms with van der Waals surface area (Å²) >= 11 is 5.88. The third kappa shape index (κ3) is 1.61. The summed E-state index contributed by atoms with van der Waals surface area (Å²) in [4.78, 5) is 14.4. The fourth-order valence-electron chi connectivity index (χ4n) is 1.60. The highest BCUT2D eigenvalue weighted by molar-refractivity contribution is 6.31. The lowest BCUT2D eigenvalue weighted by Gasteiger charge is -2.00. The fourth-order valence-corrected chi connectivity index (χ4v) is 1.77. The molecule has 1 aromatic heterocycles. The summed E-state index contributed by atoms with van der Waals surface area (Å²) in [7, 11) is 2.82. The maximum Gasteiger partial charge on any atom is 0.358 e. The van der Waals surface area contributed by atoms with Crippen LogP contribution >= 0.6 is 11.6 Å². The Labute approximate surface area is 97.1 Å². The van der Waals surface area contributed by atoms with Gasteiger partial charge in [-0.05, 0) is 18.2 Å². The molecular weight excluding hydrogens is 230 g/mol. The van der Waals surface area contributed by atoms with Gasteiger partial charge in [-0.3, -0.25) is 0 Å². The van der Waals surface area contributed by atoms with Gasteiger partial charge in [-0.25, -0.2) is 4.79 Å². The fraction of sp³-hybridized carbons (Fsp3) is 0.182. The van der Waals surface area contributed by atoms with Crippen LogP contribution in [0.1, 0.15) is 10.5 Å². The zero-order valence-corrected chi connectivity index (χ0v) is 9.59. The summed E-state index contributed by atoms with van der Waals surface area (Å²) < 4.78 is 9.84. The van der Waals surface area contributed by atoms with Crippen molar-refractivity contribution in [2.75, 3.05) is 14.2 Å². The Morgan fingerprint density at radius 1 is 1.38 bits per heavy atom. The van der Waals surface area contributed by atoms with Crippen LogP contribution in [-0.4, -0.2) is 25.2 Å². The summed E-state index contributed by atoms with van der Waals surface area (Å²) in [5.41, 5.74) is 1.07. The molecule has 2 rings (SSSR count). The minimum atomic E-state index is -0.468. The first-order chi connectivity index (χ1) is 7.67. The highest BCUT2D eigenvalue weighted by Crippen LogP contribution is 2.32. The summed E-state index contributed by atoms with van der Waals surface area (Å²) in [5.74, 6) is -0.0199. The van der Waals surface area contributed by atoms with Crippen LogP contribution in [0.15, 0.2) is 18.2 Å². The number of halogens is 1. The largest absolute Gasteiger partial charge is 0.494 e. The van der Waals surface area contributed by atoms with E-state index in [2.05, 4.69) is 9.72 Å². The van der Waals surface area contributed by atoms with Crippen molar-refractivity contribution in [2.24, 2.45) is 0 Å². The molecule has 1 aromatic carbocycles. The number of carbonyl (C=O) groups is 1. The Balaban J connectivity index is 2.71. The molecule has 84 valence electrons. The third-order valence-corrected chi connectivity index (χ3v) is 2.54. The van der Waals surface area contributed by atoms with Crippen LogP contribution in [0.4, 0.5) is 0 Å². The Hall–Kier alpha value is -1.68. The number of methoxy groups -OCH3 is 2. The van der Waals surface area contributed by atoms with Crippen LogP contribution in [0, 0.1) is 0 Å². The predicted octanol–water partition coefficient (Wildman–Crippen LogP) is 2.62. The van der Waals surface area contributed by atoms with Crippen molar-refractivity contribution >= 4 is 28.5 Å². The maximum atomic E-state index is 11.5. The Morgan fingerprint density at radius 2 is 2.12 bits per heavy atom. The minimum absolute atomic E-state index is 0.294. The lowest BCUT2D eigenvalue weighted by atomic mass is 10.2. The zero-order chi connectivity index (χ0) is 11.7. The summed E-state index contributed by atoms with van der Waals surface area (Å²) in [6, 6.07) is 5.26. The van der Waals surface area contributed by atoms with E-state index in [0.29, 0.717) is 16.5 Å². The molecule has 1 N–H and O–H groups in total. The second kappa shape index (κ2) is 4.06. The van der Waals surface area contributed by atoms with Crippen LogP contribution in [0.2, 0.25) is 5.02 Å². The number of hydrogen-bond donors (Lipinski definition) is 1. The van der Waals surface area contributed by atoms with Crippen molar-refractivity contribution in [3.63, 3.8) is 0 Å². The number of esters is 1. The first kappa shape index (κ1) is 10.8. The Bertz CT molecular complexity index is 547. The lowest BCUT2D eigenvalue weighted by Crippen LogP contribution is -2.03. The third-order valence-electron chi connectivity index (χ3n) is 2.31. The predicted molar refractivity (Wildman–Crippen MR) is 61.2 cm³/mol. The second-order valence-corrected chi connectivity index (χ2v) is 3.65. The number of H-pyrrole nitrogens is 1. The molecule has 16 heavy (non-hydrogen) atoms. The highest BCUT2D eigenvalue weighted by atomic mass is 35.5. The molecule has 0 saturated carbocycles. The normalized spacial score (nSPS) is 10.4. The maximum absolute atomic E-state index is 11.5. The van der Waals surface area contributed by atoms with Crippen LogP contribution in [0.25, 0.3) is 10.9 Å². The average molecular weight is 240 g/mol. The van der Waals surface area contributed by atoms with Crippen molar-refractivity contribution in [1.29, 1.82) is 0 Å². The summed E-state index contributed by atoms with van der Waals surface area (Å²) in [5, 5.41) is 1.34. The number of carbonyl (C=O) groups excluding carboxylic acids is 1. The monoisotopic (exact) mass is 239 g/mol. The molecule has 0 unspecified atom stereocenters. The van der Waals surface area contributed by atoms with Gasteiger partial charge < -0.3 is 14.5 Å². The van der Waals surface area contributed by atoms with E-state index in [1.807, 2.05) is 0 Å². The first-order valence-electron chi connectivity index (χ1n) is 4.61. The van der Waals surface area contributed by atoms with E-state index in [1.165, 1.54) is 14.2 Å². The van der Waals surface area contributed by atoms with E-state index in [0.717, 1.165) is 10.9 Å².